The van der Waals surface area contributed by atoms with Gasteiger partial charge in [-0.3, -0.25) is 9.69 Å². The molecule has 2 N–H and O–H groups in total. The Morgan fingerprint density at radius 3 is 1.80 bits per heavy atom. The SMILES string of the molecule is O=C1c2ccccc2CCc2ccccc21.OC1(c2nn[nH]n2)c2ccccc2CCc2ccccc21.c1nnn(CN2CCOCC2)n1. The molecule has 0 atom stereocenters. The van der Waals surface area contributed by atoms with E-state index >= 15 is 0 Å². The molecule has 248 valence electrons. The van der Waals surface area contributed by atoms with Crippen LogP contribution < -0.4 is 0 Å². The number of aliphatic hydroxyl groups is 1. The van der Waals surface area contributed by atoms with Gasteiger partial charge in [0.25, 0.3) is 0 Å². The Morgan fingerprint density at radius 2 is 1.27 bits per heavy atom. The van der Waals surface area contributed by atoms with Crippen molar-refractivity contribution in [2.45, 2.75) is 38.0 Å². The maximum absolute atomic E-state index is 12.3. The minimum atomic E-state index is -1.36. The van der Waals surface area contributed by atoms with Crippen LogP contribution in [-0.2, 0) is 42.7 Å². The fourth-order valence-electron chi connectivity index (χ4n) is 6.66. The lowest BCUT2D eigenvalue weighted by molar-refractivity contribution is 0.0184. The van der Waals surface area contributed by atoms with Crippen LogP contribution in [0.1, 0.15) is 55.1 Å². The Kier molecular flexibility index (Phi) is 9.69. The fraction of sp³-hybridized carbons (Fsp3) is 0.270. The molecule has 1 aliphatic heterocycles. The van der Waals surface area contributed by atoms with Crippen molar-refractivity contribution >= 4 is 5.78 Å². The molecule has 0 spiro atoms. The Bertz CT molecular complexity index is 1890. The molecule has 9 rings (SSSR count). The van der Waals surface area contributed by atoms with Gasteiger partial charge in [0.05, 0.1) is 13.2 Å². The quantitative estimate of drug-likeness (QED) is 0.290. The Labute approximate surface area is 283 Å². The number of ketones is 1. The van der Waals surface area contributed by atoms with Crippen molar-refractivity contribution in [3.05, 3.63) is 154 Å². The van der Waals surface area contributed by atoms with Gasteiger partial charge in [0, 0.05) is 24.2 Å². The summed E-state index contributed by atoms with van der Waals surface area (Å²) >= 11 is 0. The first-order valence-corrected chi connectivity index (χ1v) is 16.5. The zero-order valence-corrected chi connectivity index (χ0v) is 27.0. The third-order valence-electron chi connectivity index (χ3n) is 9.16. The Balaban J connectivity index is 0.000000121. The fourth-order valence-corrected chi connectivity index (χ4v) is 6.66. The summed E-state index contributed by atoms with van der Waals surface area (Å²) in [7, 11) is 0. The molecule has 4 aromatic carbocycles. The normalized spacial score (nSPS) is 16.1. The second kappa shape index (κ2) is 14.8. The standard InChI is InChI=1S/C16H14N4O.C15H12O.C6H11N5O/c21-16(15-17-19-20-18-15)13-7-3-1-5-11(13)9-10-12-6-2-4-8-14(12)16;16-15-13-7-3-1-5-11(13)9-10-12-6-2-4-8-14(12)15;1-3-12-4-2-10(1)6-11-8-5-7-9-11/h1-8,21H,9-10H2,(H,17,18,19,20);1-8H,9-10H2;5H,1-4,6H2. The van der Waals surface area contributed by atoms with Gasteiger partial charge in [-0.05, 0) is 64.3 Å². The van der Waals surface area contributed by atoms with Gasteiger partial charge in [0.1, 0.15) is 6.67 Å². The number of fused-ring (bicyclic) bond motifs is 4. The summed E-state index contributed by atoms with van der Waals surface area (Å²) in [5.74, 6) is 0.452. The smallest absolute Gasteiger partial charge is 0.215 e. The summed E-state index contributed by atoms with van der Waals surface area (Å²) in [5.41, 5.74) is 6.60. The number of ether oxygens (including phenoxy) is 1. The lowest BCUT2D eigenvalue weighted by atomic mass is 9.83. The minimum Gasteiger partial charge on any atom is -0.379 e. The van der Waals surface area contributed by atoms with Gasteiger partial charge in [-0.2, -0.15) is 5.21 Å². The van der Waals surface area contributed by atoms with Crippen molar-refractivity contribution in [3.8, 4) is 0 Å². The topological polar surface area (TPSA) is 148 Å². The van der Waals surface area contributed by atoms with Gasteiger partial charge >= 0.3 is 0 Å². The number of carbonyl (C=O) groups is 1. The predicted molar refractivity (Wildman–Crippen MR) is 181 cm³/mol. The predicted octanol–water partition coefficient (Wildman–Crippen LogP) is 3.56. The monoisotopic (exact) mass is 655 g/mol. The summed E-state index contributed by atoms with van der Waals surface area (Å²) < 4.78 is 5.21. The third kappa shape index (κ3) is 6.93. The van der Waals surface area contributed by atoms with E-state index in [1.54, 1.807) is 4.80 Å². The number of tetrazole rings is 2. The molecule has 0 amide bonds. The Hall–Kier alpha value is -5.43. The average Bonchev–Trinajstić information content (AvgIpc) is 3.86. The van der Waals surface area contributed by atoms with Crippen LogP contribution in [0.15, 0.2) is 103 Å². The van der Waals surface area contributed by atoms with Gasteiger partial charge in [0.2, 0.25) is 5.82 Å². The Morgan fingerprint density at radius 1 is 0.735 bits per heavy atom. The molecule has 0 unspecified atom stereocenters. The molecule has 2 aliphatic carbocycles. The molecule has 0 radical (unpaired) electrons. The number of aromatic nitrogens is 8. The maximum atomic E-state index is 12.3. The van der Waals surface area contributed by atoms with Gasteiger partial charge < -0.3 is 9.84 Å². The van der Waals surface area contributed by atoms with Gasteiger partial charge in [-0.1, -0.05) is 102 Å². The summed E-state index contributed by atoms with van der Waals surface area (Å²) in [5, 5.41) is 37.0. The van der Waals surface area contributed by atoms with E-state index in [0.29, 0.717) is 6.67 Å². The van der Waals surface area contributed by atoms with E-state index in [1.165, 1.54) is 17.5 Å². The molecule has 12 nitrogen and oxygen atoms in total. The van der Waals surface area contributed by atoms with E-state index in [9.17, 15) is 9.90 Å². The van der Waals surface area contributed by atoms with E-state index in [4.69, 9.17) is 4.74 Å². The van der Waals surface area contributed by atoms with Crippen LogP contribution in [0.4, 0.5) is 0 Å². The van der Waals surface area contributed by atoms with Crippen molar-refractivity contribution in [1.29, 1.82) is 0 Å². The highest BCUT2D eigenvalue weighted by molar-refractivity contribution is 6.11. The zero-order chi connectivity index (χ0) is 33.5. The number of hydrogen-bond donors (Lipinski definition) is 2. The highest BCUT2D eigenvalue weighted by Crippen LogP contribution is 2.40. The van der Waals surface area contributed by atoms with E-state index in [1.807, 2.05) is 84.9 Å². The molecule has 3 heterocycles. The van der Waals surface area contributed by atoms with Crippen molar-refractivity contribution in [2.24, 2.45) is 0 Å². The molecule has 0 bridgehead atoms. The molecule has 1 saturated heterocycles. The number of aromatic amines is 1. The van der Waals surface area contributed by atoms with Crippen LogP contribution in [-0.4, -0.2) is 82.9 Å². The molecule has 1 fully saturated rings. The van der Waals surface area contributed by atoms with Crippen molar-refractivity contribution < 1.29 is 14.6 Å². The maximum Gasteiger partial charge on any atom is 0.215 e. The van der Waals surface area contributed by atoms with Crippen LogP contribution in [0.3, 0.4) is 0 Å². The third-order valence-corrected chi connectivity index (χ3v) is 9.16. The van der Waals surface area contributed by atoms with Crippen molar-refractivity contribution in [2.75, 3.05) is 26.3 Å². The largest absolute Gasteiger partial charge is 0.379 e. The van der Waals surface area contributed by atoms with Crippen LogP contribution in [0, 0.1) is 0 Å². The van der Waals surface area contributed by atoms with E-state index in [-0.39, 0.29) is 11.6 Å². The highest BCUT2D eigenvalue weighted by atomic mass is 16.5. The number of nitrogens with one attached hydrogen (secondary N) is 1. The van der Waals surface area contributed by atoms with Crippen molar-refractivity contribution in [3.63, 3.8) is 0 Å². The van der Waals surface area contributed by atoms with Gasteiger partial charge in [-0.15, -0.1) is 25.2 Å². The molecule has 12 heteroatoms. The minimum absolute atomic E-state index is 0.170. The van der Waals surface area contributed by atoms with Crippen LogP contribution in [0.2, 0.25) is 0 Å². The first kappa shape index (κ1) is 32.1. The molecular weight excluding hydrogens is 618 g/mol. The first-order chi connectivity index (χ1) is 24.1. The number of rotatable bonds is 3. The number of nitrogens with zero attached hydrogens (tertiary/aromatic N) is 8. The highest BCUT2D eigenvalue weighted by Gasteiger charge is 2.42. The molecule has 49 heavy (non-hydrogen) atoms. The molecule has 3 aliphatic rings. The number of morpholine rings is 1. The molecule has 0 saturated carbocycles. The molecule has 6 aromatic rings. The van der Waals surface area contributed by atoms with Gasteiger partial charge in [0.15, 0.2) is 17.7 Å². The number of carbonyl (C=O) groups excluding carboxylic acids is 1. The zero-order valence-electron chi connectivity index (χ0n) is 27.0. The second-order valence-corrected chi connectivity index (χ2v) is 12.1. The van der Waals surface area contributed by atoms with Crippen molar-refractivity contribution in [1.82, 2.24) is 45.7 Å². The summed E-state index contributed by atoms with van der Waals surface area (Å²) in [6, 6.07) is 31.7. The molecule has 2 aromatic heterocycles. The summed E-state index contributed by atoms with van der Waals surface area (Å²) in [6.45, 7) is 4.20. The number of benzene rings is 4. The van der Waals surface area contributed by atoms with E-state index < -0.39 is 5.60 Å². The van der Waals surface area contributed by atoms with Gasteiger partial charge in [-0.25, -0.2) is 0 Å². The second-order valence-electron chi connectivity index (χ2n) is 12.1. The van der Waals surface area contributed by atoms with Crippen LogP contribution >= 0.6 is 0 Å². The first-order valence-electron chi connectivity index (χ1n) is 16.5. The summed E-state index contributed by atoms with van der Waals surface area (Å²) in [6.07, 6.45) is 5.12. The lowest BCUT2D eigenvalue weighted by Gasteiger charge is -2.27. The average molecular weight is 656 g/mol. The lowest BCUT2D eigenvalue weighted by Crippen LogP contribution is -2.38. The molecular formula is C37H37N9O3. The number of hydrogen-bond acceptors (Lipinski definition) is 10. The number of H-pyrrole nitrogens is 1. The number of aryl methyl sites for hydroxylation is 4. The van der Waals surface area contributed by atoms with Crippen LogP contribution in [0.5, 0.6) is 0 Å². The van der Waals surface area contributed by atoms with E-state index in [2.05, 4.69) is 53.1 Å². The van der Waals surface area contributed by atoms with E-state index in [0.717, 1.165) is 85.4 Å². The van der Waals surface area contributed by atoms with Crippen LogP contribution in [0.25, 0.3) is 0 Å². The summed E-state index contributed by atoms with van der Waals surface area (Å²) in [4.78, 5) is 16.1.